The number of imidazole rings is 2. The molecule has 4 aromatic rings. The van der Waals surface area contributed by atoms with E-state index in [1.54, 1.807) is 0 Å². The van der Waals surface area contributed by atoms with Crippen LogP contribution in [-0.2, 0) is 30.9 Å². The molecule has 0 aromatic carbocycles. The summed E-state index contributed by atoms with van der Waals surface area (Å²) in [5.74, 6) is 0. The minimum atomic E-state index is 0.688. The van der Waals surface area contributed by atoms with E-state index in [2.05, 4.69) is 65.7 Å². The molecule has 148 valence electrons. The molecule has 0 atom stereocenters. The highest BCUT2D eigenvalue weighted by atomic mass is 16.5. The van der Waals surface area contributed by atoms with E-state index in [4.69, 9.17) is 4.74 Å². The molecule has 0 saturated heterocycles. The fourth-order valence-corrected chi connectivity index (χ4v) is 3.13. The number of hydrogen-bond acceptors (Lipinski definition) is 3. The van der Waals surface area contributed by atoms with E-state index in [-0.39, 0.29) is 0 Å². The molecule has 0 spiro atoms. The second-order valence-corrected chi connectivity index (χ2v) is 6.90. The van der Waals surface area contributed by atoms with Gasteiger partial charge in [0, 0.05) is 12.4 Å². The minimum Gasteiger partial charge on any atom is -0.373 e. The third kappa shape index (κ3) is 5.83. The van der Waals surface area contributed by atoms with E-state index < -0.39 is 0 Å². The Kier molecular flexibility index (Phi) is 6.39. The molecular weight excluding hydrogens is 364 g/mol. The van der Waals surface area contributed by atoms with E-state index in [0.29, 0.717) is 13.2 Å². The molecule has 0 radical (unpaired) electrons. The molecule has 0 unspecified atom stereocenters. The van der Waals surface area contributed by atoms with Gasteiger partial charge in [-0.3, -0.25) is 9.97 Å². The summed E-state index contributed by atoms with van der Waals surface area (Å²) in [5.41, 5.74) is 2.11. The van der Waals surface area contributed by atoms with Gasteiger partial charge in [0.25, 0.3) is 0 Å². The first-order valence-corrected chi connectivity index (χ1v) is 9.82. The molecule has 0 bridgehead atoms. The highest BCUT2D eigenvalue weighted by Gasteiger charge is 2.07. The van der Waals surface area contributed by atoms with E-state index in [1.165, 1.54) is 0 Å². The SMILES string of the molecule is c1ccc(C[n+]2ccn(CCOCCn3cc[n+](Cc4ccccn4)c3)c2)nc1. The molecule has 0 aliphatic heterocycles. The summed E-state index contributed by atoms with van der Waals surface area (Å²) >= 11 is 0. The van der Waals surface area contributed by atoms with Gasteiger partial charge in [0.1, 0.15) is 51.0 Å². The van der Waals surface area contributed by atoms with Crippen LogP contribution in [0.2, 0.25) is 0 Å². The smallest absolute Gasteiger partial charge is 0.244 e. The second kappa shape index (κ2) is 9.75. The average molecular weight is 390 g/mol. The molecule has 7 heteroatoms. The Bertz CT molecular complexity index is 915. The number of rotatable bonds is 10. The predicted octanol–water partition coefficient (Wildman–Crippen LogP) is 1.47. The summed E-state index contributed by atoms with van der Waals surface area (Å²) in [7, 11) is 0. The van der Waals surface area contributed by atoms with Gasteiger partial charge in [-0.25, -0.2) is 18.3 Å². The van der Waals surface area contributed by atoms with Crippen molar-refractivity contribution < 1.29 is 13.9 Å². The summed E-state index contributed by atoms with van der Waals surface area (Å²) in [4.78, 5) is 8.72. The third-order valence-corrected chi connectivity index (χ3v) is 4.62. The van der Waals surface area contributed by atoms with Crippen molar-refractivity contribution in [2.24, 2.45) is 0 Å². The van der Waals surface area contributed by atoms with Crippen molar-refractivity contribution >= 4 is 0 Å². The molecule has 29 heavy (non-hydrogen) atoms. The zero-order chi connectivity index (χ0) is 19.7. The summed E-state index contributed by atoms with van der Waals surface area (Å²) < 4.78 is 14.3. The van der Waals surface area contributed by atoms with E-state index >= 15 is 0 Å². The first-order chi connectivity index (χ1) is 14.3. The lowest BCUT2D eigenvalue weighted by molar-refractivity contribution is -0.688. The fraction of sp³-hybridized carbons (Fsp3) is 0.273. The van der Waals surface area contributed by atoms with Crippen LogP contribution in [0.15, 0.2) is 86.2 Å². The molecule has 4 rings (SSSR count). The molecule has 0 saturated carbocycles. The minimum absolute atomic E-state index is 0.688. The van der Waals surface area contributed by atoms with Crippen LogP contribution in [0.5, 0.6) is 0 Å². The number of pyridine rings is 2. The number of aromatic nitrogens is 6. The fourth-order valence-electron chi connectivity index (χ4n) is 3.13. The lowest BCUT2D eigenvalue weighted by atomic mass is 10.3. The lowest BCUT2D eigenvalue weighted by Crippen LogP contribution is -2.32. The van der Waals surface area contributed by atoms with Gasteiger partial charge >= 0.3 is 0 Å². The zero-order valence-corrected chi connectivity index (χ0v) is 16.4. The average Bonchev–Trinajstić information content (AvgIpc) is 3.39. The standard InChI is InChI=1S/C22H26N6O/c1-3-7-23-21(5-1)17-27-11-9-25(19-27)13-15-29-16-14-26-10-12-28(20-26)18-22-6-2-4-8-24-22/h1-12,19-20H,13-18H2/q+2. The Morgan fingerprint density at radius 3 is 1.69 bits per heavy atom. The van der Waals surface area contributed by atoms with Crippen LogP contribution < -0.4 is 9.13 Å². The van der Waals surface area contributed by atoms with Crippen molar-refractivity contribution in [2.75, 3.05) is 13.2 Å². The predicted molar refractivity (Wildman–Crippen MR) is 107 cm³/mol. The van der Waals surface area contributed by atoms with Crippen LogP contribution in [0.3, 0.4) is 0 Å². The summed E-state index contributed by atoms with van der Waals surface area (Å²) in [6, 6.07) is 12.0. The van der Waals surface area contributed by atoms with E-state index in [1.807, 2.05) is 48.8 Å². The Labute approximate surface area is 170 Å². The maximum Gasteiger partial charge on any atom is 0.244 e. The van der Waals surface area contributed by atoms with Crippen molar-refractivity contribution in [1.29, 1.82) is 0 Å². The molecule has 0 fully saturated rings. The van der Waals surface area contributed by atoms with E-state index in [9.17, 15) is 0 Å². The summed E-state index contributed by atoms with van der Waals surface area (Å²) in [5, 5.41) is 0. The van der Waals surface area contributed by atoms with Crippen molar-refractivity contribution in [3.05, 3.63) is 97.6 Å². The highest BCUT2D eigenvalue weighted by molar-refractivity contribution is 5.02. The van der Waals surface area contributed by atoms with Crippen LogP contribution in [0.25, 0.3) is 0 Å². The van der Waals surface area contributed by atoms with Crippen LogP contribution in [0.1, 0.15) is 11.4 Å². The molecular formula is C22H26N6O+2. The molecule has 0 aliphatic rings. The van der Waals surface area contributed by atoms with Gasteiger partial charge in [0.2, 0.25) is 12.7 Å². The quantitative estimate of drug-likeness (QED) is 0.304. The second-order valence-electron chi connectivity index (χ2n) is 6.90. The molecule has 0 amide bonds. The number of ether oxygens (including phenoxy) is 1. The highest BCUT2D eigenvalue weighted by Crippen LogP contribution is 1.95. The molecule has 0 N–H and O–H groups in total. The van der Waals surface area contributed by atoms with Gasteiger partial charge in [0.05, 0.1) is 24.6 Å². The largest absolute Gasteiger partial charge is 0.373 e. The van der Waals surface area contributed by atoms with E-state index in [0.717, 1.165) is 37.6 Å². The zero-order valence-electron chi connectivity index (χ0n) is 16.4. The van der Waals surface area contributed by atoms with Crippen molar-refractivity contribution in [1.82, 2.24) is 19.1 Å². The first kappa shape index (κ1) is 19.0. The molecule has 4 aromatic heterocycles. The molecule has 4 heterocycles. The van der Waals surface area contributed by atoms with Crippen LogP contribution in [-0.4, -0.2) is 32.3 Å². The third-order valence-electron chi connectivity index (χ3n) is 4.62. The van der Waals surface area contributed by atoms with Crippen LogP contribution >= 0.6 is 0 Å². The van der Waals surface area contributed by atoms with Crippen LogP contribution in [0, 0.1) is 0 Å². The van der Waals surface area contributed by atoms with Gasteiger partial charge in [-0.1, -0.05) is 12.1 Å². The van der Waals surface area contributed by atoms with Gasteiger partial charge in [0.15, 0.2) is 0 Å². The Morgan fingerprint density at radius 2 is 1.24 bits per heavy atom. The van der Waals surface area contributed by atoms with Crippen LogP contribution in [0.4, 0.5) is 0 Å². The summed E-state index contributed by atoms with van der Waals surface area (Å²) in [6.07, 6.45) is 16.1. The molecule has 7 nitrogen and oxygen atoms in total. The van der Waals surface area contributed by atoms with Gasteiger partial charge in [-0.15, -0.1) is 0 Å². The Morgan fingerprint density at radius 1 is 0.724 bits per heavy atom. The maximum absolute atomic E-state index is 5.81. The van der Waals surface area contributed by atoms with Crippen molar-refractivity contribution in [2.45, 2.75) is 26.2 Å². The van der Waals surface area contributed by atoms with Crippen molar-refractivity contribution in [3.63, 3.8) is 0 Å². The normalized spacial score (nSPS) is 11.0. The van der Waals surface area contributed by atoms with Gasteiger partial charge in [-0.05, 0) is 24.3 Å². The maximum atomic E-state index is 5.81. The molecule has 0 aliphatic carbocycles. The van der Waals surface area contributed by atoms with Crippen molar-refractivity contribution in [3.8, 4) is 0 Å². The first-order valence-electron chi connectivity index (χ1n) is 9.82. The van der Waals surface area contributed by atoms with Gasteiger partial charge in [-0.2, -0.15) is 0 Å². The number of hydrogen-bond donors (Lipinski definition) is 0. The Hall–Kier alpha value is -3.32. The number of nitrogens with zero attached hydrogens (tertiary/aromatic N) is 6. The summed E-state index contributed by atoms with van der Waals surface area (Å²) in [6.45, 7) is 4.60. The Balaban J connectivity index is 1.15. The lowest BCUT2D eigenvalue weighted by Gasteiger charge is -2.01. The monoisotopic (exact) mass is 390 g/mol. The topological polar surface area (TPSA) is 52.6 Å². The van der Waals surface area contributed by atoms with Gasteiger partial charge < -0.3 is 4.74 Å².